The zero-order valence-electron chi connectivity index (χ0n) is 10.1. The minimum Gasteiger partial charge on any atom is -0.310 e. The Bertz CT molecular complexity index is 358. The number of aryl methyl sites for hydroxylation is 1. The van der Waals surface area contributed by atoms with Crippen LogP contribution in [-0.4, -0.2) is 6.54 Å². The molecule has 0 amide bonds. The summed E-state index contributed by atoms with van der Waals surface area (Å²) in [5.74, 6) is 0.804. The highest BCUT2D eigenvalue weighted by Crippen LogP contribution is 2.38. The third-order valence-corrected chi connectivity index (χ3v) is 4.01. The molecule has 1 N–H and O–H groups in total. The van der Waals surface area contributed by atoms with Gasteiger partial charge in [0.25, 0.3) is 0 Å². The molecule has 0 aliphatic heterocycles. The molecule has 16 heavy (non-hydrogen) atoms. The van der Waals surface area contributed by atoms with Crippen molar-refractivity contribution in [3.05, 3.63) is 34.3 Å². The summed E-state index contributed by atoms with van der Waals surface area (Å²) < 4.78 is 0. The first-order valence-electron chi connectivity index (χ1n) is 6.21. The Morgan fingerprint density at radius 1 is 1.44 bits per heavy atom. The second-order valence-corrected chi connectivity index (χ2v) is 5.14. The van der Waals surface area contributed by atoms with Crippen molar-refractivity contribution >= 4 is 11.6 Å². The molecule has 0 saturated heterocycles. The van der Waals surface area contributed by atoms with Gasteiger partial charge in [-0.2, -0.15) is 0 Å². The van der Waals surface area contributed by atoms with Gasteiger partial charge in [-0.3, -0.25) is 0 Å². The predicted octanol–water partition coefficient (Wildman–Crippen LogP) is 4.10. The quantitative estimate of drug-likeness (QED) is 0.832. The maximum Gasteiger partial charge on any atom is 0.0438 e. The van der Waals surface area contributed by atoms with Gasteiger partial charge in [0.15, 0.2) is 0 Å². The molecule has 1 unspecified atom stereocenters. The Morgan fingerprint density at radius 2 is 2.19 bits per heavy atom. The third-order valence-electron chi connectivity index (χ3n) is 3.60. The van der Waals surface area contributed by atoms with E-state index in [1.807, 2.05) is 0 Å². The standard InChI is InChI=1S/C14H20ClN/c1-3-16-14(11-5-4-6-11)12-8-7-10(2)13(15)9-12/h7-9,11,14,16H,3-6H2,1-2H3. The van der Waals surface area contributed by atoms with Crippen LogP contribution in [0, 0.1) is 12.8 Å². The Hall–Kier alpha value is -0.530. The Kier molecular flexibility index (Phi) is 3.88. The third kappa shape index (κ3) is 2.41. The largest absolute Gasteiger partial charge is 0.310 e. The van der Waals surface area contributed by atoms with Gasteiger partial charge >= 0.3 is 0 Å². The number of benzene rings is 1. The zero-order valence-corrected chi connectivity index (χ0v) is 10.8. The molecule has 1 saturated carbocycles. The molecule has 1 aromatic rings. The summed E-state index contributed by atoms with van der Waals surface area (Å²) in [5, 5.41) is 4.48. The van der Waals surface area contributed by atoms with Crippen LogP contribution in [0.5, 0.6) is 0 Å². The van der Waals surface area contributed by atoms with Gasteiger partial charge < -0.3 is 5.32 Å². The van der Waals surface area contributed by atoms with Gasteiger partial charge in [-0.1, -0.05) is 37.1 Å². The summed E-state index contributed by atoms with van der Waals surface area (Å²) in [6, 6.07) is 6.97. The smallest absolute Gasteiger partial charge is 0.0438 e. The number of hydrogen-bond donors (Lipinski definition) is 1. The van der Waals surface area contributed by atoms with Crippen molar-refractivity contribution in [2.45, 2.75) is 39.2 Å². The van der Waals surface area contributed by atoms with Gasteiger partial charge in [-0.15, -0.1) is 0 Å². The molecular weight excluding hydrogens is 218 g/mol. The molecule has 0 radical (unpaired) electrons. The number of nitrogens with one attached hydrogen (secondary N) is 1. The summed E-state index contributed by atoms with van der Waals surface area (Å²) in [6.07, 6.45) is 4.08. The fraction of sp³-hybridized carbons (Fsp3) is 0.571. The van der Waals surface area contributed by atoms with E-state index < -0.39 is 0 Å². The van der Waals surface area contributed by atoms with E-state index in [9.17, 15) is 0 Å². The summed E-state index contributed by atoms with van der Waals surface area (Å²) in [5.41, 5.74) is 2.51. The molecule has 1 nitrogen and oxygen atoms in total. The van der Waals surface area contributed by atoms with Crippen LogP contribution < -0.4 is 5.32 Å². The molecule has 2 heteroatoms. The maximum atomic E-state index is 6.20. The first-order chi connectivity index (χ1) is 7.72. The molecule has 2 rings (SSSR count). The monoisotopic (exact) mass is 237 g/mol. The number of halogens is 1. The van der Waals surface area contributed by atoms with E-state index in [1.54, 1.807) is 0 Å². The Labute approximate surface area is 103 Å². The van der Waals surface area contributed by atoms with Crippen molar-refractivity contribution in [2.75, 3.05) is 6.54 Å². The predicted molar refractivity (Wildman–Crippen MR) is 69.9 cm³/mol. The minimum absolute atomic E-state index is 0.497. The van der Waals surface area contributed by atoms with E-state index in [1.165, 1.54) is 24.8 Å². The zero-order chi connectivity index (χ0) is 11.5. The van der Waals surface area contributed by atoms with E-state index >= 15 is 0 Å². The normalized spacial score (nSPS) is 18.2. The molecule has 1 fully saturated rings. The van der Waals surface area contributed by atoms with Crippen LogP contribution >= 0.6 is 11.6 Å². The molecule has 0 aromatic heterocycles. The molecule has 1 atom stereocenters. The Morgan fingerprint density at radius 3 is 2.69 bits per heavy atom. The number of hydrogen-bond acceptors (Lipinski definition) is 1. The van der Waals surface area contributed by atoms with Crippen LogP contribution in [0.15, 0.2) is 18.2 Å². The summed E-state index contributed by atoms with van der Waals surface area (Å²) in [6.45, 7) is 5.24. The van der Waals surface area contributed by atoms with Gasteiger partial charge in [0.1, 0.15) is 0 Å². The first-order valence-corrected chi connectivity index (χ1v) is 6.59. The van der Waals surface area contributed by atoms with E-state index in [2.05, 4.69) is 37.4 Å². The van der Waals surface area contributed by atoms with Crippen LogP contribution in [0.2, 0.25) is 5.02 Å². The lowest BCUT2D eigenvalue weighted by atomic mass is 9.77. The van der Waals surface area contributed by atoms with Gasteiger partial charge in [-0.25, -0.2) is 0 Å². The maximum absolute atomic E-state index is 6.20. The molecule has 1 aliphatic rings. The van der Waals surface area contributed by atoms with Gasteiger partial charge in [-0.05, 0) is 49.4 Å². The van der Waals surface area contributed by atoms with E-state index in [0.29, 0.717) is 6.04 Å². The van der Waals surface area contributed by atoms with E-state index in [-0.39, 0.29) is 0 Å². The average Bonchev–Trinajstić information content (AvgIpc) is 2.19. The summed E-state index contributed by atoms with van der Waals surface area (Å²) in [4.78, 5) is 0. The topological polar surface area (TPSA) is 12.0 Å². The highest BCUT2D eigenvalue weighted by Gasteiger charge is 2.27. The van der Waals surface area contributed by atoms with Crippen LogP contribution in [0.3, 0.4) is 0 Å². The fourth-order valence-corrected chi connectivity index (χ4v) is 2.54. The lowest BCUT2D eigenvalue weighted by molar-refractivity contribution is 0.233. The van der Waals surface area contributed by atoms with Crippen LogP contribution in [0.4, 0.5) is 0 Å². The summed E-state index contributed by atoms with van der Waals surface area (Å²) >= 11 is 6.20. The summed E-state index contributed by atoms with van der Waals surface area (Å²) in [7, 11) is 0. The van der Waals surface area contributed by atoms with Crippen LogP contribution in [-0.2, 0) is 0 Å². The van der Waals surface area contributed by atoms with Gasteiger partial charge in [0.2, 0.25) is 0 Å². The van der Waals surface area contributed by atoms with E-state index in [0.717, 1.165) is 23.0 Å². The second kappa shape index (κ2) is 5.20. The second-order valence-electron chi connectivity index (χ2n) is 4.73. The molecule has 0 bridgehead atoms. The minimum atomic E-state index is 0.497. The molecular formula is C14H20ClN. The lowest BCUT2D eigenvalue weighted by Gasteiger charge is -2.34. The lowest BCUT2D eigenvalue weighted by Crippen LogP contribution is -2.32. The molecule has 1 aliphatic carbocycles. The SMILES string of the molecule is CCNC(c1ccc(C)c(Cl)c1)C1CCC1. The molecule has 0 heterocycles. The highest BCUT2D eigenvalue weighted by atomic mass is 35.5. The van der Waals surface area contributed by atoms with Crippen molar-refractivity contribution in [3.63, 3.8) is 0 Å². The van der Waals surface area contributed by atoms with Gasteiger partial charge in [0, 0.05) is 11.1 Å². The molecule has 88 valence electrons. The number of rotatable bonds is 4. The van der Waals surface area contributed by atoms with Crippen molar-refractivity contribution < 1.29 is 0 Å². The van der Waals surface area contributed by atoms with Crippen molar-refractivity contribution in [3.8, 4) is 0 Å². The van der Waals surface area contributed by atoms with Crippen molar-refractivity contribution in [1.82, 2.24) is 5.32 Å². The van der Waals surface area contributed by atoms with Crippen molar-refractivity contribution in [1.29, 1.82) is 0 Å². The Balaban J connectivity index is 2.20. The molecule has 1 aromatic carbocycles. The van der Waals surface area contributed by atoms with Crippen LogP contribution in [0.25, 0.3) is 0 Å². The first kappa shape index (κ1) is 11.9. The van der Waals surface area contributed by atoms with E-state index in [4.69, 9.17) is 11.6 Å². The fourth-order valence-electron chi connectivity index (χ4n) is 2.35. The average molecular weight is 238 g/mol. The highest BCUT2D eigenvalue weighted by molar-refractivity contribution is 6.31. The molecule has 0 spiro atoms. The van der Waals surface area contributed by atoms with Gasteiger partial charge in [0.05, 0.1) is 0 Å². The van der Waals surface area contributed by atoms with Crippen molar-refractivity contribution in [2.24, 2.45) is 5.92 Å². The van der Waals surface area contributed by atoms with Crippen LogP contribution in [0.1, 0.15) is 43.4 Å².